The van der Waals surface area contributed by atoms with Crippen LogP contribution in [0.1, 0.15) is 32.4 Å². The summed E-state index contributed by atoms with van der Waals surface area (Å²) in [6.45, 7) is 4.84. The molecule has 6 heteroatoms. The number of halogens is 2. The van der Waals surface area contributed by atoms with E-state index in [1.807, 2.05) is 0 Å². The maximum Gasteiger partial charge on any atom is 0.328 e. The fourth-order valence-corrected chi connectivity index (χ4v) is 1.35. The number of hydrogen-bond acceptors (Lipinski definition) is 4. The van der Waals surface area contributed by atoms with Crippen molar-refractivity contribution < 1.29 is 23.4 Å². The van der Waals surface area contributed by atoms with Crippen molar-refractivity contribution in [3.8, 4) is 5.75 Å². The van der Waals surface area contributed by atoms with E-state index in [1.165, 1.54) is 0 Å². The van der Waals surface area contributed by atoms with Crippen LogP contribution in [-0.2, 0) is 9.53 Å². The summed E-state index contributed by atoms with van der Waals surface area (Å²) in [5, 5.41) is 8.99. The van der Waals surface area contributed by atoms with E-state index >= 15 is 0 Å². The van der Waals surface area contributed by atoms with Crippen LogP contribution in [0.25, 0.3) is 0 Å². The van der Waals surface area contributed by atoms with Gasteiger partial charge in [-0.25, -0.2) is 13.6 Å². The second kappa shape index (κ2) is 4.89. The lowest BCUT2D eigenvalue weighted by Crippen LogP contribution is -2.32. The third kappa shape index (κ3) is 3.40. The average molecular weight is 259 g/mol. The quantitative estimate of drug-likeness (QED) is 0.797. The number of benzene rings is 1. The summed E-state index contributed by atoms with van der Waals surface area (Å²) in [7, 11) is 0. The molecule has 0 aliphatic carbocycles. The molecule has 0 saturated carbocycles. The van der Waals surface area contributed by atoms with Gasteiger partial charge in [0.05, 0.1) is 5.56 Å². The second-order valence-electron chi connectivity index (χ2n) is 4.83. The van der Waals surface area contributed by atoms with Gasteiger partial charge in [0.25, 0.3) is 0 Å². The van der Waals surface area contributed by atoms with Crippen LogP contribution in [0.2, 0.25) is 0 Å². The molecule has 1 aromatic rings. The Morgan fingerprint density at radius 3 is 2.17 bits per heavy atom. The number of nitrogens with two attached hydrogens (primary N) is 1. The molecular formula is C12H15F2NO3. The molecule has 1 unspecified atom stereocenters. The number of rotatable bonds is 2. The van der Waals surface area contributed by atoms with Crippen molar-refractivity contribution >= 4 is 5.97 Å². The van der Waals surface area contributed by atoms with Crippen LogP contribution in [0.5, 0.6) is 5.75 Å². The fraction of sp³-hybridized carbons (Fsp3) is 0.417. The minimum Gasteiger partial charge on any atom is -0.508 e. The van der Waals surface area contributed by atoms with Crippen molar-refractivity contribution in [3.63, 3.8) is 0 Å². The zero-order valence-corrected chi connectivity index (χ0v) is 10.3. The Morgan fingerprint density at radius 1 is 1.33 bits per heavy atom. The highest BCUT2D eigenvalue weighted by molar-refractivity contribution is 5.78. The van der Waals surface area contributed by atoms with E-state index in [4.69, 9.17) is 15.6 Å². The smallest absolute Gasteiger partial charge is 0.328 e. The first kappa shape index (κ1) is 14.4. The molecule has 18 heavy (non-hydrogen) atoms. The van der Waals surface area contributed by atoms with Crippen LogP contribution in [0.15, 0.2) is 12.1 Å². The molecule has 0 saturated heterocycles. The molecule has 100 valence electrons. The van der Waals surface area contributed by atoms with Crippen LogP contribution < -0.4 is 5.73 Å². The van der Waals surface area contributed by atoms with Crippen LogP contribution in [-0.4, -0.2) is 16.7 Å². The van der Waals surface area contributed by atoms with Crippen molar-refractivity contribution in [2.75, 3.05) is 0 Å². The van der Waals surface area contributed by atoms with E-state index in [2.05, 4.69) is 0 Å². The maximum atomic E-state index is 13.5. The Kier molecular flexibility index (Phi) is 3.91. The van der Waals surface area contributed by atoms with Crippen molar-refractivity contribution in [3.05, 3.63) is 29.3 Å². The molecule has 1 aromatic carbocycles. The molecule has 1 atom stereocenters. The summed E-state index contributed by atoms with van der Waals surface area (Å²) >= 11 is 0. The summed E-state index contributed by atoms with van der Waals surface area (Å²) in [5.41, 5.74) is 4.03. The van der Waals surface area contributed by atoms with Crippen molar-refractivity contribution in [2.24, 2.45) is 5.73 Å². The number of esters is 1. The minimum atomic E-state index is -1.58. The average Bonchev–Trinajstić information content (AvgIpc) is 2.12. The van der Waals surface area contributed by atoms with E-state index < -0.39 is 40.6 Å². The van der Waals surface area contributed by atoms with Crippen LogP contribution in [0.4, 0.5) is 8.78 Å². The predicted octanol–water partition coefficient (Wildman–Crippen LogP) is 2.01. The van der Waals surface area contributed by atoms with Crippen molar-refractivity contribution in [2.45, 2.75) is 32.4 Å². The lowest BCUT2D eigenvalue weighted by Gasteiger charge is -2.22. The molecule has 4 nitrogen and oxygen atoms in total. The number of phenols is 1. The standard InChI is InChI=1S/C12H15F2NO3/c1-12(2,3)18-11(17)10(15)9-7(13)4-6(16)5-8(9)14/h4-5,10,16H,15H2,1-3H3. The third-order valence-corrected chi connectivity index (χ3v) is 2.04. The van der Waals surface area contributed by atoms with Gasteiger partial charge in [-0.1, -0.05) is 0 Å². The van der Waals surface area contributed by atoms with Crippen molar-refractivity contribution in [1.29, 1.82) is 0 Å². The zero-order valence-electron chi connectivity index (χ0n) is 10.3. The molecule has 0 aliphatic heterocycles. The summed E-state index contributed by atoms with van der Waals surface area (Å²) in [4.78, 5) is 11.6. The lowest BCUT2D eigenvalue weighted by atomic mass is 10.1. The zero-order chi connectivity index (χ0) is 14.1. The van der Waals surface area contributed by atoms with E-state index in [-0.39, 0.29) is 0 Å². The molecular weight excluding hydrogens is 244 g/mol. The Hall–Kier alpha value is -1.69. The largest absolute Gasteiger partial charge is 0.508 e. The molecule has 0 spiro atoms. The summed E-state index contributed by atoms with van der Waals surface area (Å²) in [6, 6.07) is -0.213. The maximum absolute atomic E-state index is 13.5. The van der Waals surface area contributed by atoms with Crippen LogP contribution in [0.3, 0.4) is 0 Å². The van der Waals surface area contributed by atoms with Gasteiger partial charge in [-0.15, -0.1) is 0 Å². The first-order valence-electron chi connectivity index (χ1n) is 5.28. The molecule has 0 aromatic heterocycles. The molecule has 0 amide bonds. The highest BCUT2D eigenvalue weighted by Gasteiger charge is 2.28. The Morgan fingerprint density at radius 2 is 1.78 bits per heavy atom. The van der Waals surface area contributed by atoms with Gasteiger partial charge in [0.2, 0.25) is 0 Å². The molecule has 0 bridgehead atoms. The number of phenolic OH excluding ortho intramolecular Hbond substituents is 1. The number of carbonyl (C=O) groups excluding carboxylic acids is 1. The van der Waals surface area contributed by atoms with Crippen LogP contribution >= 0.6 is 0 Å². The number of ether oxygens (including phenoxy) is 1. The van der Waals surface area contributed by atoms with Crippen molar-refractivity contribution in [1.82, 2.24) is 0 Å². The third-order valence-electron chi connectivity index (χ3n) is 2.04. The topological polar surface area (TPSA) is 72.5 Å². The summed E-state index contributed by atoms with van der Waals surface area (Å²) in [5.74, 6) is -3.70. The van der Waals surface area contributed by atoms with Crippen LogP contribution in [0, 0.1) is 11.6 Å². The van der Waals surface area contributed by atoms with Gasteiger partial charge >= 0.3 is 5.97 Å². The van der Waals surface area contributed by atoms with Gasteiger partial charge in [-0.05, 0) is 20.8 Å². The molecule has 0 aliphatic rings. The monoisotopic (exact) mass is 259 g/mol. The van der Waals surface area contributed by atoms with Gasteiger partial charge in [-0.3, -0.25) is 0 Å². The lowest BCUT2D eigenvalue weighted by molar-refractivity contribution is -0.156. The number of carbonyl (C=O) groups is 1. The normalized spacial score (nSPS) is 13.2. The van der Waals surface area contributed by atoms with E-state index in [0.29, 0.717) is 12.1 Å². The first-order chi connectivity index (χ1) is 8.11. The molecule has 3 N–H and O–H groups in total. The molecule has 0 radical (unpaired) electrons. The second-order valence-corrected chi connectivity index (χ2v) is 4.83. The number of aromatic hydroxyl groups is 1. The molecule has 0 heterocycles. The van der Waals surface area contributed by atoms with Gasteiger partial charge in [0.1, 0.15) is 29.0 Å². The van der Waals surface area contributed by atoms with E-state index in [1.54, 1.807) is 20.8 Å². The SMILES string of the molecule is CC(C)(C)OC(=O)C(N)c1c(F)cc(O)cc1F. The highest BCUT2D eigenvalue weighted by Crippen LogP contribution is 2.25. The summed E-state index contributed by atoms with van der Waals surface area (Å²) in [6.07, 6.45) is 0. The van der Waals surface area contributed by atoms with Gasteiger partial charge in [-0.2, -0.15) is 0 Å². The fourth-order valence-electron chi connectivity index (χ4n) is 1.35. The van der Waals surface area contributed by atoms with Gasteiger partial charge in [0.15, 0.2) is 0 Å². The molecule has 0 fully saturated rings. The predicted molar refractivity (Wildman–Crippen MR) is 60.8 cm³/mol. The summed E-state index contributed by atoms with van der Waals surface area (Å²) < 4.78 is 31.9. The molecule has 1 rings (SSSR count). The van der Waals surface area contributed by atoms with E-state index in [0.717, 1.165) is 0 Å². The van der Waals surface area contributed by atoms with Gasteiger partial charge in [0, 0.05) is 12.1 Å². The number of hydrogen-bond donors (Lipinski definition) is 2. The highest BCUT2D eigenvalue weighted by atomic mass is 19.1. The minimum absolute atomic E-state index is 0.579. The first-order valence-corrected chi connectivity index (χ1v) is 5.28. The Labute approximate surface area is 103 Å². The Balaban J connectivity index is 3.04. The Bertz CT molecular complexity index is 446. The van der Waals surface area contributed by atoms with Gasteiger partial charge < -0.3 is 15.6 Å². The van der Waals surface area contributed by atoms with E-state index in [9.17, 15) is 13.6 Å².